The molecule has 1 aromatic heterocycles. The van der Waals surface area contributed by atoms with Crippen molar-refractivity contribution in [3.63, 3.8) is 0 Å². The highest BCUT2D eigenvalue weighted by molar-refractivity contribution is 5.28. The minimum atomic E-state index is -0.998. The Labute approximate surface area is 83.7 Å². The van der Waals surface area contributed by atoms with Gasteiger partial charge in [-0.2, -0.15) is 0 Å². The quantitative estimate of drug-likeness (QED) is 0.741. The van der Waals surface area contributed by atoms with E-state index in [1.165, 1.54) is 0 Å². The van der Waals surface area contributed by atoms with Crippen molar-refractivity contribution in [2.24, 2.45) is 5.73 Å². The Balaban J connectivity index is 3.04. The molecule has 1 unspecified atom stereocenters. The van der Waals surface area contributed by atoms with Gasteiger partial charge in [0.15, 0.2) is 0 Å². The highest BCUT2D eigenvalue weighted by Gasteiger charge is 2.25. The number of rotatable bonds is 4. The van der Waals surface area contributed by atoms with Crippen LogP contribution in [0.25, 0.3) is 0 Å². The van der Waals surface area contributed by atoms with Crippen molar-refractivity contribution in [1.82, 2.24) is 4.98 Å². The van der Waals surface area contributed by atoms with E-state index in [9.17, 15) is 5.11 Å². The molecule has 1 heterocycles. The molecule has 0 radical (unpaired) electrons. The molecule has 0 amide bonds. The molecule has 0 spiro atoms. The first-order valence-electron chi connectivity index (χ1n) is 4.58. The van der Waals surface area contributed by atoms with Crippen molar-refractivity contribution in [1.29, 1.82) is 0 Å². The third-order valence-electron chi connectivity index (χ3n) is 2.41. The van der Waals surface area contributed by atoms with E-state index >= 15 is 0 Å². The molecule has 0 saturated heterocycles. The fourth-order valence-corrected chi connectivity index (χ4v) is 1.25. The molecule has 0 aromatic carbocycles. The first kappa shape index (κ1) is 10.9. The van der Waals surface area contributed by atoms with E-state index in [4.69, 9.17) is 10.5 Å². The van der Waals surface area contributed by atoms with Crippen LogP contribution < -0.4 is 10.5 Å². The van der Waals surface area contributed by atoms with Crippen LogP contribution in [-0.4, -0.2) is 23.7 Å². The largest absolute Gasteiger partial charge is 0.495 e. The van der Waals surface area contributed by atoms with Crippen molar-refractivity contribution < 1.29 is 9.84 Å². The monoisotopic (exact) mass is 196 g/mol. The molecule has 0 aliphatic rings. The highest BCUT2D eigenvalue weighted by atomic mass is 16.5. The van der Waals surface area contributed by atoms with Crippen LogP contribution in [-0.2, 0) is 5.60 Å². The summed E-state index contributed by atoms with van der Waals surface area (Å²) in [5.41, 5.74) is 5.22. The molecule has 0 aliphatic carbocycles. The Morgan fingerprint density at radius 2 is 2.29 bits per heavy atom. The molecule has 0 aliphatic heterocycles. The lowest BCUT2D eigenvalue weighted by molar-refractivity contribution is 0.0413. The summed E-state index contributed by atoms with van der Waals surface area (Å²) in [5, 5.41) is 10.1. The summed E-state index contributed by atoms with van der Waals surface area (Å²) in [6.07, 6.45) is 3.76. The van der Waals surface area contributed by atoms with Gasteiger partial charge >= 0.3 is 0 Å². The molecular formula is C10H16N2O2. The summed E-state index contributed by atoms with van der Waals surface area (Å²) < 4.78 is 5.02. The molecule has 4 nitrogen and oxygen atoms in total. The van der Waals surface area contributed by atoms with Crippen LogP contribution in [0.1, 0.15) is 18.9 Å². The Morgan fingerprint density at radius 1 is 1.57 bits per heavy atom. The second-order valence-corrected chi connectivity index (χ2v) is 3.20. The zero-order valence-electron chi connectivity index (χ0n) is 8.53. The Kier molecular flexibility index (Phi) is 3.43. The lowest BCUT2D eigenvalue weighted by atomic mass is 9.93. The fourth-order valence-electron chi connectivity index (χ4n) is 1.25. The molecule has 78 valence electrons. The van der Waals surface area contributed by atoms with E-state index in [-0.39, 0.29) is 6.54 Å². The maximum atomic E-state index is 10.1. The smallest absolute Gasteiger partial charge is 0.137 e. The Hall–Kier alpha value is -1.13. The number of nitrogens with two attached hydrogens (primary N) is 1. The zero-order valence-corrected chi connectivity index (χ0v) is 8.53. The number of ether oxygens (including phenoxy) is 1. The van der Waals surface area contributed by atoms with Crippen LogP contribution in [0.5, 0.6) is 5.75 Å². The maximum absolute atomic E-state index is 10.1. The predicted molar refractivity (Wildman–Crippen MR) is 54.0 cm³/mol. The molecule has 0 saturated carbocycles. The number of aromatic nitrogens is 1. The summed E-state index contributed by atoms with van der Waals surface area (Å²) in [5.74, 6) is 0.628. The van der Waals surface area contributed by atoms with Gasteiger partial charge in [0.2, 0.25) is 0 Å². The summed E-state index contributed by atoms with van der Waals surface area (Å²) in [6.45, 7) is 2.06. The van der Waals surface area contributed by atoms with Crippen LogP contribution in [0.3, 0.4) is 0 Å². The molecule has 1 atom stereocenters. The predicted octanol–water partition coefficient (Wildman–Crippen LogP) is 0.646. The number of hydrogen-bond acceptors (Lipinski definition) is 4. The molecule has 1 aromatic rings. The molecular weight excluding hydrogens is 180 g/mol. The molecule has 4 heteroatoms. The normalized spacial score (nSPS) is 14.9. The van der Waals surface area contributed by atoms with Crippen molar-refractivity contribution in [2.75, 3.05) is 13.7 Å². The zero-order chi connectivity index (χ0) is 10.6. The van der Waals surface area contributed by atoms with E-state index in [1.54, 1.807) is 25.6 Å². The minimum absolute atomic E-state index is 0.179. The second-order valence-electron chi connectivity index (χ2n) is 3.20. The second kappa shape index (κ2) is 4.39. The highest BCUT2D eigenvalue weighted by Crippen LogP contribution is 2.25. The van der Waals surface area contributed by atoms with Gasteiger partial charge in [0.25, 0.3) is 0 Å². The minimum Gasteiger partial charge on any atom is -0.495 e. The van der Waals surface area contributed by atoms with E-state index in [0.29, 0.717) is 17.7 Å². The number of pyridine rings is 1. The fraction of sp³-hybridized carbons (Fsp3) is 0.500. The van der Waals surface area contributed by atoms with Crippen molar-refractivity contribution >= 4 is 0 Å². The van der Waals surface area contributed by atoms with Crippen molar-refractivity contribution in [2.45, 2.75) is 18.9 Å². The van der Waals surface area contributed by atoms with Gasteiger partial charge in [-0.05, 0) is 12.5 Å². The average molecular weight is 196 g/mol. The van der Waals surface area contributed by atoms with Gasteiger partial charge in [0.1, 0.15) is 11.4 Å². The van der Waals surface area contributed by atoms with Gasteiger partial charge in [-0.15, -0.1) is 0 Å². The van der Waals surface area contributed by atoms with Crippen LogP contribution in [0.2, 0.25) is 0 Å². The summed E-state index contributed by atoms with van der Waals surface area (Å²) >= 11 is 0. The summed E-state index contributed by atoms with van der Waals surface area (Å²) in [4.78, 5) is 3.98. The number of methoxy groups -OCH3 is 1. The van der Waals surface area contributed by atoms with Gasteiger partial charge in [-0.3, -0.25) is 4.98 Å². The number of nitrogens with zero attached hydrogens (tertiary/aromatic N) is 1. The Bertz CT molecular complexity index is 298. The lowest BCUT2D eigenvalue weighted by Crippen LogP contribution is -2.34. The first-order valence-corrected chi connectivity index (χ1v) is 4.58. The van der Waals surface area contributed by atoms with Gasteiger partial charge in [0, 0.05) is 18.3 Å². The summed E-state index contributed by atoms with van der Waals surface area (Å²) in [6, 6.07) is 1.75. The van der Waals surface area contributed by atoms with Crippen molar-refractivity contribution in [3.05, 3.63) is 24.0 Å². The van der Waals surface area contributed by atoms with Crippen LogP contribution in [0.4, 0.5) is 0 Å². The van der Waals surface area contributed by atoms with Crippen molar-refractivity contribution in [3.8, 4) is 5.75 Å². The van der Waals surface area contributed by atoms with Gasteiger partial charge in [-0.25, -0.2) is 0 Å². The molecule has 0 bridgehead atoms. The van der Waals surface area contributed by atoms with Crippen LogP contribution in [0, 0.1) is 0 Å². The lowest BCUT2D eigenvalue weighted by Gasteiger charge is -2.25. The van der Waals surface area contributed by atoms with E-state index in [0.717, 1.165) is 0 Å². The summed E-state index contributed by atoms with van der Waals surface area (Å²) in [7, 11) is 1.56. The van der Waals surface area contributed by atoms with Crippen LogP contribution in [0.15, 0.2) is 18.5 Å². The van der Waals surface area contributed by atoms with E-state index in [2.05, 4.69) is 4.98 Å². The third kappa shape index (κ3) is 2.02. The standard InChI is InChI=1S/C10H16N2O2/c1-3-10(13,7-11)8-4-9(14-2)6-12-5-8/h4-6,13H,3,7,11H2,1-2H3. The molecule has 0 fully saturated rings. The van der Waals surface area contributed by atoms with Gasteiger partial charge in [-0.1, -0.05) is 6.92 Å². The third-order valence-corrected chi connectivity index (χ3v) is 2.41. The number of hydrogen-bond donors (Lipinski definition) is 2. The SMILES string of the molecule is CCC(O)(CN)c1cncc(OC)c1. The van der Waals surface area contributed by atoms with E-state index in [1.807, 2.05) is 6.92 Å². The first-order chi connectivity index (χ1) is 6.66. The van der Waals surface area contributed by atoms with Gasteiger partial charge < -0.3 is 15.6 Å². The molecule has 1 rings (SSSR count). The van der Waals surface area contributed by atoms with Crippen LogP contribution >= 0.6 is 0 Å². The van der Waals surface area contributed by atoms with E-state index < -0.39 is 5.60 Å². The van der Waals surface area contributed by atoms with Gasteiger partial charge in [0.05, 0.1) is 13.3 Å². The molecule has 14 heavy (non-hydrogen) atoms. The Morgan fingerprint density at radius 3 is 2.79 bits per heavy atom. The topological polar surface area (TPSA) is 68.4 Å². The maximum Gasteiger partial charge on any atom is 0.137 e. The molecule has 3 N–H and O–H groups in total. The average Bonchev–Trinajstić information content (AvgIpc) is 2.28. The number of aliphatic hydroxyl groups is 1.